The average Bonchev–Trinajstić information content (AvgIpc) is 2.32. The second-order valence-corrected chi connectivity index (χ2v) is 5.95. The highest BCUT2D eigenvalue weighted by Gasteiger charge is 2.37. The van der Waals surface area contributed by atoms with E-state index in [1.54, 1.807) is 32.6 Å². The first kappa shape index (κ1) is 17.5. The van der Waals surface area contributed by atoms with E-state index >= 15 is 0 Å². The van der Waals surface area contributed by atoms with E-state index in [2.05, 4.69) is 0 Å². The number of alkyl halides is 3. The highest BCUT2D eigenvalue weighted by molar-refractivity contribution is 5.69. The molecule has 0 aliphatic heterocycles. The molecule has 21 heavy (non-hydrogen) atoms. The second kappa shape index (κ2) is 6.05. The maximum Gasteiger partial charge on any atom is 0.416 e. The summed E-state index contributed by atoms with van der Waals surface area (Å²) in [6.45, 7) is 6.61. The summed E-state index contributed by atoms with van der Waals surface area (Å²) in [4.78, 5) is 12.6. The van der Waals surface area contributed by atoms with Crippen LogP contribution in [0.2, 0.25) is 0 Å². The van der Waals surface area contributed by atoms with Gasteiger partial charge in [0.05, 0.1) is 12.1 Å². The summed E-state index contributed by atoms with van der Waals surface area (Å²) in [6.07, 6.45) is -4.46. The number of nitrogens with zero attached hydrogens (tertiary/aromatic N) is 1. The van der Waals surface area contributed by atoms with Crippen LogP contribution >= 0.6 is 0 Å². The van der Waals surface area contributed by atoms with E-state index in [1.165, 1.54) is 18.2 Å². The molecule has 0 amide bonds. The number of hydrogen-bond acceptors (Lipinski definition) is 2. The fourth-order valence-electron chi connectivity index (χ4n) is 2.39. The van der Waals surface area contributed by atoms with Gasteiger partial charge in [0.25, 0.3) is 0 Å². The van der Waals surface area contributed by atoms with Crippen LogP contribution in [-0.2, 0) is 11.0 Å². The predicted molar refractivity (Wildman–Crippen MR) is 74.0 cm³/mol. The molecule has 1 atom stereocenters. The maximum atomic E-state index is 13.1. The molecule has 118 valence electrons. The van der Waals surface area contributed by atoms with Gasteiger partial charge >= 0.3 is 12.1 Å². The first-order valence-electron chi connectivity index (χ1n) is 6.59. The highest BCUT2D eigenvalue weighted by atomic mass is 19.4. The Hall–Kier alpha value is -1.56. The van der Waals surface area contributed by atoms with Gasteiger partial charge in [0, 0.05) is 11.6 Å². The number of carboxylic acid groups (broad SMARTS) is 1. The lowest BCUT2D eigenvalue weighted by Gasteiger charge is -2.40. The van der Waals surface area contributed by atoms with Gasteiger partial charge in [0.15, 0.2) is 0 Å². The second-order valence-electron chi connectivity index (χ2n) is 5.95. The first-order chi connectivity index (χ1) is 9.44. The van der Waals surface area contributed by atoms with E-state index in [-0.39, 0.29) is 12.1 Å². The van der Waals surface area contributed by atoms with Crippen LogP contribution in [0.15, 0.2) is 24.3 Å². The third kappa shape index (κ3) is 4.46. The van der Waals surface area contributed by atoms with Crippen LogP contribution in [0, 0.1) is 0 Å². The van der Waals surface area contributed by atoms with Crippen molar-refractivity contribution in [2.24, 2.45) is 0 Å². The molecule has 1 aromatic carbocycles. The Balaban J connectivity index is 3.28. The largest absolute Gasteiger partial charge is 0.480 e. The average molecular weight is 303 g/mol. The van der Waals surface area contributed by atoms with Crippen molar-refractivity contribution < 1.29 is 23.1 Å². The van der Waals surface area contributed by atoms with Crippen LogP contribution < -0.4 is 0 Å². The number of carboxylic acids is 1. The Morgan fingerprint density at radius 2 is 1.76 bits per heavy atom. The Morgan fingerprint density at radius 1 is 1.24 bits per heavy atom. The van der Waals surface area contributed by atoms with E-state index in [4.69, 9.17) is 5.11 Å². The fraction of sp³-hybridized carbons (Fsp3) is 0.533. The minimum atomic E-state index is -4.46. The van der Waals surface area contributed by atoms with Gasteiger partial charge in [-0.25, -0.2) is 0 Å². The molecular weight excluding hydrogens is 283 g/mol. The topological polar surface area (TPSA) is 40.5 Å². The molecule has 0 saturated carbocycles. The summed E-state index contributed by atoms with van der Waals surface area (Å²) in [5.74, 6) is -1.07. The van der Waals surface area contributed by atoms with E-state index in [0.29, 0.717) is 0 Å². The van der Waals surface area contributed by atoms with Crippen molar-refractivity contribution in [1.82, 2.24) is 4.90 Å². The molecule has 0 aliphatic rings. The van der Waals surface area contributed by atoms with Gasteiger partial charge in [-0.15, -0.1) is 0 Å². The van der Waals surface area contributed by atoms with Crippen LogP contribution in [0.5, 0.6) is 0 Å². The van der Waals surface area contributed by atoms with Gasteiger partial charge in [-0.3, -0.25) is 9.69 Å². The Kier molecular flexibility index (Phi) is 5.04. The molecule has 0 aromatic heterocycles. The van der Waals surface area contributed by atoms with E-state index in [1.807, 2.05) is 0 Å². The zero-order valence-corrected chi connectivity index (χ0v) is 12.5. The molecule has 0 radical (unpaired) electrons. The summed E-state index contributed by atoms with van der Waals surface area (Å²) in [5, 5.41) is 9.01. The SMILES string of the molecule is CC(c1ccccc1C(F)(F)F)N(CC(=O)O)C(C)(C)C. The van der Waals surface area contributed by atoms with Crippen LogP contribution in [0.1, 0.15) is 44.9 Å². The Bertz CT molecular complexity index is 506. The highest BCUT2D eigenvalue weighted by Crippen LogP contribution is 2.37. The van der Waals surface area contributed by atoms with Crippen LogP contribution in [-0.4, -0.2) is 28.1 Å². The van der Waals surface area contributed by atoms with Gasteiger partial charge in [0.2, 0.25) is 0 Å². The van der Waals surface area contributed by atoms with Crippen molar-refractivity contribution in [2.45, 2.75) is 45.5 Å². The lowest BCUT2D eigenvalue weighted by Crippen LogP contribution is -2.46. The molecule has 0 bridgehead atoms. The minimum Gasteiger partial charge on any atom is -0.480 e. The number of aliphatic carboxylic acids is 1. The molecule has 6 heteroatoms. The van der Waals surface area contributed by atoms with Crippen molar-refractivity contribution >= 4 is 5.97 Å². The molecule has 1 N–H and O–H groups in total. The van der Waals surface area contributed by atoms with Gasteiger partial charge < -0.3 is 5.11 Å². The van der Waals surface area contributed by atoms with Gasteiger partial charge in [-0.2, -0.15) is 13.2 Å². The first-order valence-corrected chi connectivity index (χ1v) is 6.59. The molecule has 0 spiro atoms. The van der Waals surface area contributed by atoms with Crippen molar-refractivity contribution in [3.05, 3.63) is 35.4 Å². The fourth-order valence-corrected chi connectivity index (χ4v) is 2.39. The van der Waals surface area contributed by atoms with E-state index < -0.39 is 29.3 Å². The van der Waals surface area contributed by atoms with Crippen LogP contribution in [0.4, 0.5) is 13.2 Å². The van der Waals surface area contributed by atoms with Crippen molar-refractivity contribution in [3.63, 3.8) is 0 Å². The summed E-state index contributed by atoms with van der Waals surface area (Å²) < 4.78 is 39.3. The predicted octanol–water partition coefficient (Wildman–Crippen LogP) is 3.95. The van der Waals surface area contributed by atoms with Crippen molar-refractivity contribution in [2.75, 3.05) is 6.54 Å². The minimum absolute atomic E-state index is 0.0844. The summed E-state index contributed by atoms with van der Waals surface area (Å²) in [7, 11) is 0. The number of benzene rings is 1. The normalized spacial score (nSPS) is 14.3. The molecule has 3 nitrogen and oxygen atoms in total. The van der Waals surface area contributed by atoms with Crippen molar-refractivity contribution in [1.29, 1.82) is 0 Å². The van der Waals surface area contributed by atoms with Crippen LogP contribution in [0.25, 0.3) is 0 Å². The van der Waals surface area contributed by atoms with Gasteiger partial charge in [-0.1, -0.05) is 18.2 Å². The molecule has 0 saturated heterocycles. The molecule has 0 heterocycles. The molecule has 1 rings (SSSR count). The van der Waals surface area contributed by atoms with Crippen molar-refractivity contribution in [3.8, 4) is 0 Å². The molecule has 1 aromatic rings. The van der Waals surface area contributed by atoms with Gasteiger partial charge in [-0.05, 0) is 39.3 Å². The number of halogens is 3. The number of carbonyl (C=O) groups is 1. The molecule has 0 fully saturated rings. The van der Waals surface area contributed by atoms with Gasteiger partial charge in [0.1, 0.15) is 0 Å². The zero-order valence-electron chi connectivity index (χ0n) is 12.5. The Labute approximate surface area is 122 Å². The smallest absolute Gasteiger partial charge is 0.416 e. The number of rotatable bonds is 4. The Morgan fingerprint density at radius 3 is 2.19 bits per heavy atom. The summed E-state index contributed by atoms with van der Waals surface area (Å²) in [5.41, 5.74) is -1.21. The number of hydrogen-bond donors (Lipinski definition) is 1. The molecular formula is C15H20F3NO2. The third-order valence-corrected chi connectivity index (χ3v) is 3.35. The standard InChI is InChI=1S/C15H20F3NO2/c1-10(19(9-13(20)21)14(2,3)4)11-7-5-6-8-12(11)15(16,17)18/h5-8,10H,9H2,1-4H3,(H,20,21). The zero-order chi connectivity index (χ0) is 16.4. The van der Waals surface area contributed by atoms with Crippen LogP contribution in [0.3, 0.4) is 0 Å². The summed E-state index contributed by atoms with van der Waals surface area (Å²) in [6, 6.07) is 4.61. The molecule has 1 unspecified atom stereocenters. The van der Waals surface area contributed by atoms with E-state index in [0.717, 1.165) is 6.07 Å². The lowest BCUT2D eigenvalue weighted by atomic mass is 9.95. The maximum absolute atomic E-state index is 13.1. The molecule has 0 aliphatic carbocycles. The quantitative estimate of drug-likeness (QED) is 0.915. The lowest BCUT2D eigenvalue weighted by molar-refractivity contribution is -0.141. The monoisotopic (exact) mass is 303 g/mol. The van der Waals surface area contributed by atoms with E-state index in [9.17, 15) is 18.0 Å². The summed E-state index contributed by atoms with van der Waals surface area (Å²) >= 11 is 0. The third-order valence-electron chi connectivity index (χ3n) is 3.35.